The van der Waals surface area contributed by atoms with Gasteiger partial charge >= 0.3 is 0 Å². The van der Waals surface area contributed by atoms with Gasteiger partial charge in [0.2, 0.25) is 0 Å². The first kappa shape index (κ1) is 15.1. The molecule has 0 unspecified atom stereocenters. The van der Waals surface area contributed by atoms with Crippen LogP contribution in [-0.2, 0) is 6.54 Å². The summed E-state index contributed by atoms with van der Waals surface area (Å²) in [5, 5.41) is 7.52. The van der Waals surface area contributed by atoms with E-state index >= 15 is 0 Å². The number of anilines is 2. The monoisotopic (exact) mass is 286 g/mol. The second-order valence-electron chi connectivity index (χ2n) is 4.74. The Balaban J connectivity index is 1.97. The molecule has 5 heteroatoms. The van der Waals surface area contributed by atoms with Crippen molar-refractivity contribution in [3.8, 4) is 0 Å². The first-order valence-electron chi connectivity index (χ1n) is 7.35. The lowest BCUT2D eigenvalue weighted by Gasteiger charge is -2.20. The van der Waals surface area contributed by atoms with Gasteiger partial charge < -0.3 is 10.2 Å². The first-order valence-corrected chi connectivity index (χ1v) is 7.35. The van der Waals surface area contributed by atoms with Crippen molar-refractivity contribution in [3.63, 3.8) is 0 Å². The molecule has 0 aliphatic carbocycles. The summed E-state index contributed by atoms with van der Waals surface area (Å²) in [5.41, 5.74) is 1.87. The van der Waals surface area contributed by atoms with Gasteiger partial charge in [0.15, 0.2) is 0 Å². The minimum Gasteiger partial charge on any atom is -0.383 e. The minimum atomic E-state index is -0.0609. The lowest BCUT2D eigenvalue weighted by molar-refractivity contribution is 0.596. The van der Waals surface area contributed by atoms with E-state index in [1.54, 1.807) is 12.3 Å². The summed E-state index contributed by atoms with van der Waals surface area (Å²) in [4.78, 5) is 14.2. The van der Waals surface area contributed by atoms with Gasteiger partial charge in [-0.3, -0.25) is 4.79 Å². The molecule has 1 aromatic carbocycles. The van der Waals surface area contributed by atoms with Gasteiger partial charge in [-0.25, -0.2) is 4.68 Å². The molecule has 0 amide bonds. The summed E-state index contributed by atoms with van der Waals surface area (Å²) in [5.74, 6) is 0. The third-order valence-corrected chi connectivity index (χ3v) is 3.41. The van der Waals surface area contributed by atoms with Gasteiger partial charge in [-0.15, -0.1) is 0 Å². The molecular weight excluding hydrogens is 264 g/mol. The number of aromatic nitrogens is 2. The summed E-state index contributed by atoms with van der Waals surface area (Å²) < 4.78 is 1.49. The van der Waals surface area contributed by atoms with Crippen LogP contribution in [0, 0.1) is 0 Å². The molecule has 2 aromatic rings. The fraction of sp³-hybridized carbons (Fsp3) is 0.375. The third kappa shape index (κ3) is 4.08. The van der Waals surface area contributed by atoms with Crippen molar-refractivity contribution in [1.82, 2.24) is 9.78 Å². The van der Waals surface area contributed by atoms with Crippen LogP contribution in [0.4, 0.5) is 11.4 Å². The number of nitrogens with one attached hydrogen (secondary N) is 1. The minimum absolute atomic E-state index is 0.0609. The van der Waals surface area contributed by atoms with Gasteiger partial charge in [0.25, 0.3) is 5.56 Å². The Labute approximate surface area is 125 Å². The molecule has 0 saturated carbocycles. The zero-order valence-electron chi connectivity index (χ0n) is 12.6. The lowest BCUT2D eigenvalue weighted by atomic mass is 10.3. The lowest BCUT2D eigenvalue weighted by Crippen LogP contribution is -2.29. The van der Waals surface area contributed by atoms with Gasteiger partial charge in [0.1, 0.15) is 0 Å². The van der Waals surface area contributed by atoms with Crippen LogP contribution >= 0.6 is 0 Å². The largest absolute Gasteiger partial charge is 0.383 e. The second kappa shape index (κ2) is 7.47. The van der Waals surface area contributed by atoms with Crippen molar-refractivity contribution in [2.45, 2.75) is 20.4 Å². The zero-order chi connectivity index (χ0) is 15.1. The van der Waals surface area contributed by atoms with Gasteiger partial charge in [-0.2, -0.15) is 5.10 Å². The normalized spacial score (nSPS) is 10.4. The van der Waals surface area contributed by atoms with Crippen molar-refractivity contribution in [2.24, 2.45) is 0 Å². The molecule has 0 aliphatic heterocycles. The topological polar surface area (TPSA) is 50.2 Å². The SMILES string of the molecule is CCN(CC)c1cnn(CCNc2ccccc2)c(=O)c1. The molecule has 0 bridgehead atoms. The Kier molecular flexibility index (Phi) is 5.37. The smallest absolute Gasteiger partial charge is 0.268 e. The molecule has 1 N–H and O–H groups in total. The molecule has 0 radical (unpaired) electrons. The second-order valence-corrected chi connectivity index (χ2v) is 4.74. The van der Waals surface area contributed by atoms with Crippen LogP contribution in [0.2, 0.25) is 0 Å². The Hall–Kier alpha value is -2.30. The van der Waals surface area contributed by atoms with Crippen molar-refractivity contribution in [1.29, 1.82) is 0 Å². The summed E-state index contributed by atoms with van der Waals surface area (Å²) in [6.07, 6.45) is 1.76. The Morgan fingerprint density at radius 1 is 1.19 bits per heavy atom. The molecule has 0 spiro atoms. The van der Waals surface area contributed by atoms with E-state index in [4.69, 9.17) is 0 Å². The van der Waals surface area contributed by atoms with Crippen molar-refractivity contribution in [2.75, 3.05) is 29.9 Å². The summed E-state index contributed by atoms with van der Waals surface area (Å²) in [6, 6.07) is 11.6. The number of hydrogen-bond donors (Lipinski definition) is 1. The van der Waals surface area contributed by atoms with E-state index in [0.717, 1.165) is 24.5 Å². The van der Waals surface area contributed by atoms with E-state index in [2.05, 4.69) is 29.2 Å². The maximum absolute atomic E-state index is 12.1. The van der Waals surface area contributed by atoms with E-state index in [0.29, 0.717) is 13.1 Å². The summed E-state index contributed by atoms with van der Waals surface area (Å²) >= 11 is 0. The molecule has 1 heterocycles. The van der Waals surface area contributed by atoms with E-state index in [-0.39, 0.29) is 5.56 Å². The molecule has 0 saturated heterocycles. The highest BCUT2D eigenvalue weighted by Gasteiger charge is 2.05. The molecule has 5 nitrogen and oxygen atoms in total. The van der Waals surface area contributed by atoms with Crippen molar-refractivity contribution < 1.29 is 0 Å². The van der Waals surface area contributed by atoms with E-state index in [1.807, 2.05) is 30.3 Å². The average Bonchev–Trinajstić information content (AvgIpc) is 2.51. The number of para-hydroxylation sites is 1. The van der Waals surface area contributed by atoms with Gasteiger partial charge in [-0.1, -0.05) is 18.2 Å². The average molecular weight is 286 g/mol. The highest BCUT2D eigenvalue weighted by molar-refractivity contribution is 5.43. The Bertz CT molecular complexity index is 605. The molecule has 112 valence electrons. The van der Waals surface area contributed by atoms with Crippen molar-refractivity contribution >= 4 is 11.4 Å². The highest BCUT2D eigenvalue weighted by atomic mass is 16.1. The Morgan fingerprint density at radius 2 is 1.90 bits per heavy atom. The van der Waals surface area contributed by atoms with Gasteiger partial charge in [0.05, 0.1) is 18.4 Å². The molecule has 1 aromatic heterocycles. The van der Waals surface area contributed by atoms with E-state index < -0.39 is 0 Å². The maximum atomic E-state index is 12.1. The predicted octanol–water partition coefficient (Wildman–Crippen LogP) is 2.20. The van der Waals surface area contributed by atoms with Crippen LogP contribution < -0.4 is 15.8 Å². The van der Waals surface area contributed by atoms with Crippen molar-refractivity contribution in [3.05, 3.63) is 52.9 Å². The quantitative estimate of drug-likeness (QED) is 0.848. The van der Waals surface area contributed by atoms with E-state index in [1.165, 1.54) is 4.68 Å². The fourth-order valence-electron chi connectivity index (χ4n) is 2.22. The van der Waals surface area contributed by atoms with Gasteiger partial charge in [-0.05, 0) is 26.0 Å². The molecule has 0 atom stereocenters. The highest BCUT2D eigenvalue weighted by Crippen LogP contribution is 2.08. The van der Waals surface area contributed by atoms with E-state index in [9.17, 15) is 4.79 Å². The fourth-order valence-corrected chi connectivity index (χ4v) is 2.22. The molecular formula is C16H22N4O. The van der Waals surface area contributed by atoms with Crippen LogP contribution in [0.3, 0.4) is 0 Å². The predicted molar refractivity (Wildman–Crippen MR) is 87.0 cm³/mol. The number of rotatable bonds is 7. The van der Waals surface area contributed by atoms with Crippen LogP contribution in [0.5, 0.6) is 0 Å². The summed E-state index contributed by atoms with van der Waals surface area (Å²) in [7, 11) is 0. The van der Waals surface area contributed by atoms with Gasteiger partial charge in [0, 0.05) is 31.4 Å². The Morgan fingerprint density at radius 3 is 2.52 bits per heavy atom. The van der Waals surface area contributed by atoms with Crippen LogP contribution in [-0.4, -0.2) is 29.4 Å². The standard InChI is InChI=1S/C16H22N4O/c1-3-19(4-2)15-12-16(21)20(18-13-15)11-10-17-14-8-6-5-7-9-14/h5-9,12-13,17H,3-4,10-11H2,1-2H3. The summed E-state index contributed by atoms with van der Waals surface area (Å²) in [6.45, 7) is 7.10. The molecule has 0 fully saturated rings. The number of hydrogen-bond acceptors (Lipinski definition) is 4. The van der Waals surface area contributed by atoms with Crippen LogP contribution in [0.25, 0.3) is 0 Å². The molecule has 2 rings (SSSR count). The van der Waals surface area contributed by atoms with Crippen LogP contribution in [0.15, 0.2) is 47.4 Å². The zero-order valence-corrected chi connectivity index (χ0v) is 12.6. The maximum Gasteiger partial charge on any atom is 0.268 e. The number of nitrogens with zero attached hydrogens (tertiary/aromatic N) is 3. The third-order valence-electron chi connectivity index (χ3n) is 3.41. The first-order chi connectivity index (χ1) is 10.2. The molecule has 0 aliphatic rings. The van der Waals surface area contributed by atoms with Crippen LogP contribution in [0.1, 0.15) is 13.8 Å². The molecule has 21 heavy (non-hydrogen) atoms. The number of benzene rings is 1.